The molecule has 112 valence electrons. The van der Waals surface area contributed by atoms with Crippen LogP contribution in [0.3, 0.4) is 0 Å². The first kappa shape index (κ1) is 17.7. The first-order valence-corrected chi connectivity index (χ1v) is 6.87. The van der Waals surface area contributed by atoms with Crippen LogP contribution in [0.25, 0.3) is 0 Å². The normalized spacial score (nSPS) is 11.9. The number of rotatable bonds is 11. The number of nitrogens with one attached hydrogen (secondary N) is 2. The third-order valence-electron chi connectivity index (χ3n) is 2.73. The average Bonchev–Trinajstić information content (AvgIpc) is 2.36. The highest BCUT2D eigenvalue weighted by Gasteiger charge is 2.06. The Bertz CT molecular complexity index is 259. The molecule has 0 rings (SSSR count). The van der Waals surface area contributed by atoms with E-state index in [9.17, 15) is 9.59 Å². The molecular weight excluding hydrogens is 248 g/mol. The molecule has 0 aliphatic carbocycles. The number of aliphatic carboxylic acids is 1. The molecular formula is C13H26N2O4. The topological polar surface area (TPSA) is 87.7 Å². The molecule has 1 atom stereocenters. The fourth-order valence-electron chi connectivity index (χ4n) is 1.53. The minimum absolute atomic E-state index is 0.179. The highest BCUT2D eigenvalue weighted by atomic mass is 16.5. The van der Waals surface area contributed by atoms with Gasteiger partial charge in [-0.2, -0.15) is 0 Å². The summed E-state index contributed by atoms with van der Waals surface area (Å²) in [6.45, 7) is 6.44. The maximum Gasteiger partial charge on any atom is 0.314 e. The zero-order chi connectivity index (χ0) is 14.5. The van der Waals surface area contributed by atoms with Crippen LogP contribution in [-0.2, 0) is 9.53 Å². The largest absolute Gasteiger partial charge is 0.481 e. The van der Waals surface area contributed by atoms with Gasteiger partial charge in [-0.05, 0) is 32.1 Å². The van der Waals surface area contributed by atoms with Crippen LogP contribution < -0.4 is 10.6 Å². The zero-order valence-corrected chi connectivity index (χ0v) is 11.9. The molecule has 0 aromatic carbocycles. The number of carboxylic acid groups (broad SMARTS) is 1. The van der Waals surface area contributed by atoms with E-state index in [1.165, 1.54) is 0 Å². The Kier molecular flexibility index (Phi) is 11.0. The summed E-state index contributed by atoms with van der Waals surface area (Å²) in [5.74, 6) is -0.471. The van der Waals surface area contributed by atoms with Crippen molar-refractivity contribution in [1.82, 2.24) is 10.6 Å². The van der Waals surface area contributed by atoms with Crippen LogP contribution in [0.4, 0.5) is 4.79 Å². The Balaban J connectivity index is 3.39. The van der Waals surface area contributed by atoms with Crippen LogP contribution in [0.5, 0.6) is 0 Å². The summed E-state index contributed by atoms with van der Waals surface area (Å²) in [6, 6.07) is -0.179. The van der Waals surface area contributed by atoms with Gasteiger partial charge in [-0.3, -0.25) is 4.79 Å². The van der Waals surface area contributed by atoms with Crippen molar-refractivity contribution in [3.63, 3.8) is 0 Å². The predicted octanol–water partition coefficient (Wildman–Crippen LogP) is 1.60. The Hall–Kier alpha value is -1.30. The molecule has 0 bridgehead atoms. The summed E-state index contributed by atoms with van der Waals surface area (Å²) in [5, 5.41) is 14.0. The Morgan fingerprint density at radius 2 is 1.89 bits per heavy atom. The first-order chi connectivity index (χ1) is 9.06. The lowest BCUT2D eigenvalue weighted by atomic mass is 10.0. The molecule has 0 radical (unpaired) electrons. The smallest absolute Gasteiger partial charge is 0.314 e. The van der Waals surface area contributed by atoms with Gasteiger partial charge >= 0.3 is 12.0 Å². The lowest BCUT2D eigenvalue weighted by Crippen LogP contribution is -2.37. The van der Waals surface area contributed by atoms with Crippen LogP contribution in [0.15, 0.2) is 0 Å². The van der Waals surface area contributed by atoms with Crippen molar-refractivity contribution in [2.75, 3.05) is 26.3 Å². The van der Waals surface area contributed by atoms with Crippen molar-refractivity contribution in [2.24, 2.45) is 5.92 Å². The van der Waals surface area contributed by atoms with Crippen molar-refractivity contribution >= 4 is 12.0 Å². The quantitative estimate of drug-likeness (QED) is 0.499. The number of urea groups is 1. The van der Waals surface area contributed by atoms with E-state index >= 15 is 0 Å². The zero-order valence-electron chi connectivity index (χ0n) is 11.9. The van der Waals surface area contributed by atoms with Crippen molar-refractivity contribution in [2.45, 2.75) is 39.5 Å². The van der Waals surface area contributed by atoms with Gasteiger partial charge in [0, 0.05) is 32.7 Å². The summed E-state index contributed by atoms with van der Waals surface area (Å²) in [7, 11) is 0. The second kappa shape index (κ2) is 11.8. The van der Waals surface area contributed by atoms with E-state index in [0.717, 1.165) is 12.8 Å². The molecule has 0 saturated heterocycles. The Morgan fingerprint density at radius 3 is 2.53 bits per heavy atom. The van der Waals surface area contributed by atoms with Crippen molar-refractivity contribution in [1.29, 1.82) is 0 Å². The second-order valence-electron chi connectivity index (χ2n) is 4.56. The van der Waals surface area contributed by atoms with Gasteiger partial charge in [-0.15, -0.1) is 0 Å². The van der Waals surface area contributed by atoms with Crippen molar-refractivity contribution in [3.05, 3.63) is 0 Å². The van der Waals surface area contributed by atoms with Gasteiger partial charge in [0.05, 0.1) is 0 Å². The fourth-order valence-corrected chi connectivity index (χ4v) is 1.53. The number of ether oxygens (including phenoxy) is 1. The molecule has 3 N–H and O–H groups in total. The minimum atomic E-state index is -0.771. The van der Waals surface area contributed by atoms with Gasteiger partial charge in [-0.1, -0.05) is 6.92 Å². The Morgan fingerprint density at radius 1 is 1.21 bits per heavy atom. The number of hydrogen-bond acceptors (Lipinski definition) is 3. The van der Waals surface area contributed by atoms with Crippen LogP contribution in [0, 0.1) is 5.92 Å². The standard InChI is InChI=1S/C13H26N2O4/c1-3-19-10-4-8-14-13(18)15-9-7-11(2)5-6-12(16)17/h11H,3-10H2,1-2H3,(H,16,17)(H2,14,15,18). The minimum Gasteiger partial charge on any atom is -0.481 e. The molecule has 19 heavy (non-hydrogen) atoms. The number of carbonyl (C=O) groups excluding carboxylic acids is 1. The third-order valence-corrected chi connectivity index (χ3v) is 2.73. The van der Waals surface area contributed by atoms with E-state index < -0.39 is 5.97 Å². The van der Waals surface area contributed by atoms with Crippen molar-refractivity contribution in [3.8, 4) is 0 Å². The van der Waals surface area contributed by atoms with E-state index in [2.05, 4.69) is 10.6 Å². The summed E-state index contributed by atoms with van der Waals surface area (Å²) in [5.41, 5.74) is 0. The van der Waals surface area contributed by atoms with Crippen LogP contribution in [0.2, 0.25) is 0 Å². The molecule has 6 heteroatoms. The van der Waals surface area contributed by atoms with Crippen LogP contribution in [0.1, 0.15) is 39.5 Å². The molecule has 0 spiro atoms. The molecule has 0 aromatic rings. The lowest BCUT2D eigenvalue weighted by Gasteiger charge is -2.11. The van der Waals surface area contributed by atoms with Gasteiger partial charge < -0.3 is 20.5 Å². The van der Waals surface area contributed by atoms with E-state index in [1.807, 2.05) is 13.8 Å². The molecule has 0 aliphatic heterocycles. The van der Waals surface area contributed by atoms with Crippen LogP contribution >= 0.6 is 0 Å². The highest BCUT2D eigenvalue weighted by Crippen LogP contribution is 2.08. The predicted molar refractivity (Wildman–Crippen MR) is 73.2 cm³/mol. The molecule has 1 unspecified atom stereocenters. The maximum atomic E-state index is 11.4. The molecule has 0 aliphatic rings. The van der Waals surface area contributed by atoms with Gasteiger partial charge in [-0.25, -0.2) is 4.79 Å². The summed E-state index contributed by atoms with van der Waals surface area (Å²) in [6.07, 6.45) is 2.42. The summed E-state index contributed by atoms with van der Waals surface area (Å²) < 4.78 is 5.15. The number of amides is 2. The van der Waals surface area contributed by atoms with Crippen LogP contribution in [-0.4, -0.2) is 43.4 Å². The first-order valence-electron chi connectivity index (χ1n) is 6.87. The molecule has 0 heterocycles. The maximum absolute atomic E-state index is 11.4. The van der Waals surface area contributed by atoms with E-state index in [-0.39, 0.29) is 12.5 Å². The van der Waals surface area contributed by atoms with E-state index in [1.54, 1.807) is 0 Å². The second-order valence-corrected chi connectivity index (χ2v) is 4.56. The Labute approximate surface area is 114 Å². The number of carboxylic acids is 1. The highest BCUT2D eigenvalue weighted by molar-refractivity contribution is 5.73. The molecule has 6 nitrogen and oxygen atoms in total. The third kappa shape index (κ3) is 12.9. The number of carbonyl (C=O) groups is 2. The van der Waals surface area contributed by atoms with E-state index in [0.29, 0.717) is 38.6 Å². The van der Waals surface area contributed by atoms with E-state index in [4.69, 9.17) is 9.84 Å². The SMILES string of the molecule is CCOCCCNC(=O)NCCC(C)CCC(=O)O. The lowest BCUT2D eigenvalue weighted by molar-refractivity contribution is -0.137. The van der Waals surface area contributed by atoms with Gasteiger partial charge in [0.15, 0.2) is 0 Å². The fraction of sp³-hybridized carbons (Fsp3) is 0.846. The number of hydrogen-bond donors (Lipinski definition) is 3. The molecule has 0 fully saturated rings. The van der Waals surface area contributed by atoms with Crippen molar-refractivity contribution < 1.29 is 19.4 Å². The van der Waals surface area contributed by atoms with Gasteiger partial charge in [0.25, 0.3) is 0 Å². The molecule has 0 saturated carbocycles. The monoisotopic (exact) mass is 274 g/mol. The average molecular weight is 274 g/mol. The van der Waals surface area contributed by atoms with Gasteiger partial charge in [0.1, 0.15) is 0 Å². The summed E-state index contributed by atoms with van der Waals surface area (Å²) in [4.78, 5) is 21.8. The van der Waals surface area contributed by atoms with Gasteiger partial charge in [0.2, 0.25) is 0 Å². The summed E-state index contributed by atoms with van der Waals surface area (Å²) >= 11 is 0. The molecule has 2 amide bonds. The molecule has 0 aromatic heterocycles.